The van der Waals surface area contributed by atoms with Crippen molar-refractivity contribution >= 4 is 11.9 Å². The van der Waals surface area contributed by atoms with Gasteiger partial charge in [-0.05, 0) is 12.5 Å². The summed E-state index contributed by atoms with van der Waals surface area (Å²) in [5, 5.41) is 8.10. The van der Waals surface area contributed by atoms with E-state index in [0.29, 0.717) is 0 Å². The van der Waals surface area contributed by atoms with Crippen LogP contribution in [-0.4, -0.2) is 31.7 Å². The summed E-state index contributed by atoms with van der Waals surface area (Å²) in [6, 6.07) is 8.67. The number of hydrogen-bond donors (Lipinski definition) is 0. The molecule has 0 radical (unpaired) electrons. The summed E-state index contributed by atoms with van der Waals surface area (Å²) in [7, 11) is 2.54. The molecule has 2 rings (SSSR count). The van der Waals surface area contributed by atoms with Gasteiger partial charge in [0.25, 0.3) is 0 Å². The average Bonchev–Trinajstić information content (AvgIpc) is 2.85. The van der Waals surface area contributed by atoms with E-state index in [2.05, 4.69) is 10.2 Å². The molecule has 1 aliphatic heterocycles. The lowest BCUT2D eigenvalue weighted by Gasteiger charge is -2.25. The van der Waals surface area contributed by atoms with Gasteiger partial charge in [-0.3, -0.25) is 4.79 Å². The van der Waals surface area contributed by atoms with E-state index in [1.54, 1.807) is 0 Å². The molecule has 106 valence electrons. The fraction of sp³-hybridized carbons (Fsp3) is 0.429. The number of benzene rings is 1. The smallest absolute Gasteiger partial charge is 0.336 e. The Labute approximate surface area is 116 Å². The Morgan fingerprint density at radius 2 is 1.80 bits per heavy atom. The zero-order valence-corrected chi connectivity index (χ0v) is 11.6. The molecule has 0 fully saturated rings. The van der Waals surface area contributed by atoms with Crippen LogP contribution in [0.15, 0.2) is 40.6 Å². The van der Waals surface area contributed by atoms with Crippen molar-refractivity contribution in [2.75, 3.05) is 14.2 Å². The van der Waals surface area contributed by atoms with E-state index < -0.39 is 29.4 Å². The van der Waals surface area contributed by atoms with Crippen LogP contribution in [0.4, 0.5) is 0 Å². The van der Waals surface area contributed by atoms with Gasteiger partial charge in [-0.1, -0.05) is 30.3 Å². The summed E-state index contributed by atoms with van der Waals surface area (Å²) in [4.78, 5) is 24.0. The van der Waals surface area contributed by atoms with Crippen LogP contribution in [0.25, 0.3) is 0 Å². The van der Waals surface area contributed by atoms with Gasteiger partial charge in [0, 0.05) is 0 Å². The molecule has 6 nitrogen and oxygen atoms in total. The topological polar surface area (TPSA) is 77.3 Å². The minimum absolute atomic E-state index is 0.531. The molecule has 0 aliphatic carbocycles. The van der Waals surface area contributed by atoms with Crippen molar-refractivity contribution < 1.29 is 19.1 Å². The van der Waals surface area contributed by atoms with Gasteiger partial charge in [0.15, 0.2) is 5.54 Å². The standard InChI is InChI=1S/C14H16N2O4/c1-14(13(18)20-3)10(12(17)19-2)11(15-16-14)9-7-5-4-6-8-9/h4-8,10-11H,1-3H3. The first-order chi connectivity index (χ1) is 9.54. The largest absolute Gasteiger partial charge is 0.469 e. The number of carbonyl (C=O) groups excluding carboxylic acids is 2. The maximum atomic E-state index is 12.1. The zero-order chi connectivity index (χ0) is 14.8. The molecule has 0 spiro atoms. The van der Waals surface area contributed by atoms with Crippen LogP contribution >= 0.6 is 0 Å². The van der Waals surface area contributed by atoms with Crippen LogP contribution in [0.1, 0.15) is 18.5 Å². The van der Waals surface area contributed by atoms with E-state index in [4.69, 9.17) is 9.47 Å². The van der Waals surface area contributed by atoms with Crippen molar-refractivity contribution in [3.8, 4) is 0 Å². The molecular formula is C14H16N2O4. The number of azo groups is 1. The Kier molecular flexibility index (Phi) is 3.83. The maximum Gasteiger partial charge on any atom is 0.336 e. The van der Waals surface area contributed by atoms with Gasteiger partial charge in [0.1, 0.15) is 12.0 Å². The van der Waals surface area contributed by atoms with Gasteiger partial charge in [0.2, 0.25) is 0 Å². The number of rotatable bonds is 3. The highest BCUT2D eigenvalue weighted by Gasteiger charge is 2.56. The molecule has 1 aliphatic rings. The summed E-state index contributed by atoms with van der Waals surface area (Å²) >= 11 is 0. The quantitative estimate of drug-likeness (QED) is 0.790. The molecular weight excluding hydrogens is 260 g/mol. The first-order valence-corrected chi connectivity index (χ1v) is 6.17. The Balaban J connectivity index is 2.43. The second-order valence-corrected chi connectivity index (χ2v) is 4.71. The molecule has 0 saturated carbocycles. The summed E-state index contributed by atoms with van der Waals surface area (Å²) in [6.45, 7) is 1.53. The lowest BCUT2D eigenvalue weighted by molar-refractivity contribution is -0.158. The average molecular weight is 276 g/mol. The van der Waals surface area contributed by atoms with Crippen molar-refractivity contribution in [2.24, 2.45) is 16.1 Å². The third-order valence-electron chi connectivity index (χ3n) is 3.51. The lowest BCUT2D eigenvalue weighted by atomic mass is 9.80. The van der Waals surface area contributed by atoms with Crippen molar-refractivity contribution in [2.45, 2.75) is 18.5 Å². The van der Waals surface area contributed by atoms with Crippen LogP contribution in [0.2, 0.25) is 0 Å². The molecule has 0 saturated heterocycles. The first-order valence-electron chi connectivity index (χ1n) is 6.17. The minimum Gasteiger partial charge on any atom is -0.469 e. The predicted octanol–water partition coefficient (Wildman–Crippen LogP) is 1.91. The fourth-order valence-corrected chi connectivity index (χ4v) is 2.39. The van der Waals surface area contributed by atoms with Crippen molar-refractivity contribution in [1.82, 2.24) is 0 Å². The molecule has 3 atom stereocenters. The highest BCUT2D eigenvalue weighted by molar-refractivity contribution is 5.89. The Morgan fingerprint density at radius 3 is 2.35 bits per heavy atom. The van der Waals surface area contributed by atoms with E-state index in [9.17, 15) is 9.59 Å². The molecule has 0 aromatic heterocycles. The maximum absolute atomic E-state index is 12.1. The number of hydrogen-bond acceptors (Lipinski definition) is 6. The highest BCUT2D eigenvalue weighted by atomic mass is 16.5. The SMILES string of the molecule is COC(=O)C1C(c2ccccc2)N=NC1(C)C(=O)OC. The van der Waals surface area contributed by atoms with E-state index in [1.165, 1.54) is 21.1 Å². The predicted molar refractivity (Wildman–Crippen MR) is 70.0 cm³/mol. The molecule has 20 heavy (non-hydrogen) atoms. The van der Waals surface area contributed by atoms with Crippen LogP contribution in [0.3, 0.4) is 0 Å². The van der Waals surface area contributed by atoms with Crippen LogP contribution < -0.4 is 0 Å². The Hall–Kier alpha value is -2.24. The summed E-state index contributed by atoms with van der Waals surface area (Å²) in [5.41, 5.74) is -0.554. The Bertz CT molecular complexity index is 543. The lowest BCUT2D eigenvalue weighted by Crippen LogP contribution is -2.45. The number of methoxy groups -OCH3 is 2. The summed E-state index contributed by atoms with van der Waals surface area (Å²) in [6.07, 6.45) is 0. The van der Waals surface area contributed by atoms with Gasteiger partial charge in [-0.15, -0.1) is 0 Å². The van der Waals surface area contributed by atoms with Gasteiger partial charge < -0.3 is 9.47 Å². The van der Waals surface area contributed by atoms with E-state index in [1.807, 2.05) is 30.3 Å². The monoisotopic (exact) mass is 276 g/mol. The highest BCUT2D eigenvalue weighted by Crippen LogP contribution is 2.43. The van der Waals surface area contributed by atoms with Crippen LogP contribution in [-0.2, 0) is 19.1 Å². The molecule has 0 bridgehead atoms. The van der Waals surface area contributed by atoms with E-state index >= 15 is 0 Å². The second-order valence-electron chi connectivity index (χ2n) is 4.71. The molecule has 0 N–H and O–H groups in total. The van der Waals surface area contributed by atoms with E-state index in [0.717, 1.165) is 5.56 Å². The molecule has 1 heterocycles. The van der Waals surface area contributed by atoms with Gasteiger partial charge in [-0.25, -0.2) is 4.79 Å². The number of nitrogens with zero attached hydrogens (tertiary/aromatic N) is 2. The number of carbonyl (C=O) groups is 2. The number of esters is 2. The minimum atomic E-state index is -1.36. The first kappa shape index (κ1) is 14.2. The van der Waals surface area contributed by atoms with Gasteiger partial charge in [0.05, 0.1) is 14.2 Å². The van der Waals surface area contributed by atoms with Crippen LogP contribution in [0, 0.1) is 5.92 Å². The molecule has 1 aromatic rings. The fourth-order valence-electron chi connectivity index (χ4n) is 2.39. The normalized spacial score (nSPS) is 28.1. The molecule has 3 unspecified atom stereocenters. The van der Waals surface area contributed by atoms with Crippen LogP contribution in [0.5, 0.6) is 0 Å². The number of ether oxygens (including phenoxy) is 2. The zero-order valence-electron chi connectivity index (χ0n) is 11.6. The third-order valence-corrected chi connectivity index (χ3v) is 3.51. The molecule has 6 heteroatoms. The second kappa shape index (κ2) is 5.40. The van der Waals surface area contributed by atoms with Crippen molar-refractivity contribution in [1.29, 1.82) is 0 Å². The van der Waals surface area contributed by atoms with Gasteiger partial charge in [-0.2, -0.15) is 10.2 Å². The molecule has 1 aromatic carbocycles. The Morgan fingerprint density at radius 1 is 1.15 bits per heavy atom. The molecule has 0 amide bonds. The van der Waals surface area contributed by atoms with E-state index in [-0.39, 0.29) is 0 Å². The van der Waals surface area contributed by atoms with Gasteiger partial charge >= 0.3 is 11.9 Å². The van der Waals surface area contributed by atoms with Crippen molar-refractivity contribution in [3.05, 3.63) is 35.9 Å². The van der Waals surface area contributed by atoms with Crippen molar-refractivity contribution in [3.63, 3.8) is 0 Å². The third kappa shape index (κ3) is 2.17. The summed E-state index contributed by atoms with van der Waals surface area (Å²) < 4.78 is 9.56. The summed E-state index contributed by atoms with van der Waals surface area (Å²) in [5.74, 6) is -1.96.